The van der Waals surface area contributed by atoms with E-state index in [2.05, 4.69) is 188 Å². The normalized spacial score (nSPS) is 13.8. The highest BCUT2D eigenvalue weighted by atomic mass is 15.0. The van der Waals surface area contributed by atoms with Crippen molar-refractivity contribution in [1.29, 1.82) is 0 Å². The molecule has 0 unspecified atom stereocenters. The van der Waals surface area contributed by atoms with E-state index in [-0.39, 0.29) is 0 Å². The first-order valence-corrected chi connectivity index (χ1v) is 23.4. The van der Waals surface area contributed by atoms with E-state index in [1.54, 1.807) is 0 Å². The number of hydrogen-bond acceptors (Lipinski definition) is 3. The minimum absolute atomic E-state index is 0.470. The van der Waals surface area contributed by atoms with Crippen LogP contribution in [0.3, 0.4) is 0 Å². The van der Waals surface area contributed by atoms with Crippen molar-refractivity contribution in [3.8, 4) is 78.7 Å². The fourth-order valence-electron chi connectivity index (χ4n) is 12.1. The van der Waals surface area contributed by atoms with Gasteiger partial charge in [-0.25, -0.2) is 15.0 Å². The zero-order chi connectivity index (χ0) is 44.8. The van der Waals surface area contributed by atoms with Crippen LogP contribution >= 0.6 is 0 Å². The van der Waals surface area contributed by atoms with Crippen LogP contribution in [0.15, 0.2) is 249 Å². The summed E-state index contributed by atoms with van der Waals surface area (Å²) >= 11 is 0. The lowest BCUT2D eigenvalue weighted by atomic mass is 9.52. The van der Waals surface area contributed by atoms with E-state index in [4.69, 9.17) is 15.0 Å². The minimum atomic E-state index is -0.546. The maximum absolute atomic E-state index is 4.99. The highest BCUT2D eigenvalue weighted by Crippen LogP contribution is 2.68. The van der Waals surface area contributed by atoms with Gasteiger partial charge < -0.3 is 0 Å². The molecule has 0 N–H and O–H groups in total. The second-order valence-corrected chi connectivity index (χ2v) is 18.2. The molecule has 3 nitrogen and oxygen atoms in total. The lowest BCUT2D eigenvalue weighted by Gasteiger charge is -2.48. The predicted molar refractivity (Wildman–Crippen MR) is 275 cm³/mol. The van der Waals surface area contributed by atoms with Gasteiger partial charge in [-0.3, -0.25) is 0 Å². The maximum Gasteiger partial charge on any atom is 0.164 e. The lowest BCUT2D eigenvalue weighted by molar-refractivity contribution is 0.633. The van der Waals surface area contributed by atoms with Crippen LogP contribution in [0.2, 0.25) is 0 Å². The molecule has 3 heteroatoms. The van der Waals surface area contributed by atoms with Gasteiger partial charge in [0.15, 0.2) is 17.5 Å². The Morgan fingerprint density at radius 1 is 0.206 bits per heavy atom. The van der Waals surface area contributed by atoms with Crippen molar-refractivity contribution < 1.29 is 0 Å². The van der Waals surface area contributed by atoms with Gasteiger partial charge in [-0.2, -0.15) is 0 Å². The second-order valence-electron chi connectivity index (χ2n) is 18.2. The molecule has 0 saturated carbocycles. The number of nitrogens with zero attached hydrogens (tertiary/aromatic N) is 3. The zero-order valence-electron chi connectivity index (χ0n) is 37.0. The van der Waals surface area contributed by atoms with Crippen molar-refractivity contribution in [2.75, 3.05) is 0 Å². The highest BCUT2D eigenvalue weighted by molar-refractivity contribution is 5.98. The number of rotatable bonds is 5. The molecule has 0 radical (unpaired) electrons. The molecule has 3 aliphatic rings. The standard InChI is InChI=1S/C65H41N3/c1-3-19-43(20-4-1)61-66-62(44-21-5-2-6-22-44)68-63(67-61)45-39-37-42(38-40-45)46-23-17-24-47(41-46)48-28-18-36-59-60(48)51-27-9-12-31-54(51)65(59)57-34-15-13-32-55(57)64(56-33-14-16-35-58(56)65)52-29-10-7-25-49(52)50-26-8-11-30-53(50)64/h1-41H. The Labute approximate surface area is 395 Å². The quantitative estimate of drug-likeness (QED) is 0.173. The molecule has 0 bridgehead atoms. The summed E-state index contributed by atoms with van der Waals surface area (Å²) in [5.41, 5.74) is 22.4. The summed E-state index contributed by atoms with van der Waals surface area (Å²) in [6.45, 7) is 0. The molecule has 316 valence electrons. The summed E-state index contributed by atoms with van der Waals surface area (Å²) in [5.74, 6) is 1.95. The third kappa shape index (κ3) is 5.33. The van der Waals surface area contributed by atoms with Gasteiger partial charge in [0.25, 0.3) is 0 Å². The van der Waals surface area contributed by atoms with E-state index in [9.17, 15) is 0 Å². The van der Waals surface area contributed by atoms with Crippen LogP contribution in [-0.4, -0.2) is 15.0 Å². The highest BCUT2D eigenvalue weighted by Gasteiger charge is 2.59. The number of hydrogen-bond donors (Lipinski definition) is 0. The molecule has 0 fully saturated rings. The molecule has 3 aliphatic carbocycles. The first-order chi connectivity index (χ1) is 33.7. The smallest absolute Gasteiger partial charge is 0.164 e. The van der Waals surface area contributed by atoms with Crippen molar-refractivity contribution in [3.63, 3.8) is 0 Å². The summed E-state index contributed by atoms with van der Waals surface area (Å²) in [4.78, 5) is 14.9. The van der Waals surface area contributed by atoms with Crippen LogP contribution in [0.4, 0.5) is 0 Å². The van der Waals surface area contributed by atoms with Crippen LogP contribution in [0, 0.1) is 0 Å². The van der Waals surface area contributed by atoms with E-state index >= 15 is 0 Å². The van der Waals surface area contributed by atoms with E-state index in [0.29, 0.717) is 17.5 Å². The second kappa shape index (κ2) is 14.9. The van der Waals surface area contributed by atoms with Gasteiger partial charge in [-0.05, 0) is 95.1 Å². The molecule has 0 aliphatic heterocycles. The summed E-state index contributed by atoms with van der Waals surface area (Å²) in [6.07, 6.45) is 0. The topological polar surface area (TPSA) is 38.7 Å². The summed E-state index contributed by atoms with van der Waals surface area (Å²) < 4.78 is 0. The van der Waals surface area contributed by atoms with Crippen molar-refractivity contribution in [2.24, 2.45) is 0 Å². The van der Waals surface area contributed by atoms with Gasteiger partial charge in [-0.1, -0.05) is 243 Å². The van der Waals surface area contributed by atoms with E-state index in [1.165, 1.54) is 77.9 Å². The van der Waals surface area contributed by atoms with Crippen LogP contribution in [0.5, 0.6) is 0 Å². The average Bonchev–Trinajstić information content (AvgIpc) is 3.89. The fourth-order valence-corrected chi connectivity index (χ4v) is 12.1. The summed E-state index contributed by atoms with van der Waals surface area (Å²) in [6, 6.07) is 90.9. The van der Waals surface area contributed by atoms with Gasteiger partial charge in [0.2, 0.25) is 0 Å². The van der Waals surface area contributed by atoms with E-state index < -0.39 is 10.8 Å². The maximum atomic E-state index is 4.99. The van der Waals surface area contributed by atoms with Crippen LogP contribution in [0.1, 0.15) is 44.5 Å². The first kappa shape index (κ1) is 38.5. The summed E-state index contributed by atoms with van der Waals surface area (Å²) in [5, 5.41) is 0. The van der Waals surface area contributed by atoms with Gasteiger partial charge in [0.1, 0.15) is 0 Å². The molecule has 1 aromatic heterocycles. The molecule has 68 heavy (non-hydrogen) atoms. The Kier molecular flexibility index (Phi) is 8.41. The first-order valence-electron chi connectivity index (χ1n) is 23.4. The Bertz CT molecular complexity index is 3640. The molecule has 2 spiro atoms. The molecule has 11 aromatic rings. The summed E-state index contributed by atoms with van der Waals surface area (Å²) in [7, 11) is 0. The third-order valence-electron chi connectivity index (χ3n) is 14.8. The van der Waals surface area contributed by atoms with Gasteiger partial charge in [-0.15, -0.1) is 0 Å². The minimum Gasteiger partial charge on any atom is -0.208 e. The Morgan fingerprint density at radius 2 is 0.529 bits per heavy atom. The molecular weight excluding hydrogens is 823 g/mol. The van der Waals surface area contributed by atoms with Crippen molar-refractivity contribution in [2.45, 2.75) is 10.8 Å². The number of aromatic nitrogens is 3. The average molecular weight is 864 g/mol. The monoisotopic (exact) mass is 863 g/mol. The van der Waals surface area contributed by atoms with Crippen molar-refractivity contribution >= 4 is 0 Å². The van der Waals surface area contributed by atoms with Gasteiger partial charge in [0.05, 0.1) is 10.8 Å². The SMILES string of the molecule is c1ccc(-c2nc(-c3ccccc3)nc(-c3ccc(-c4cccc(-c5cccc6c5-c5ccccc5C65c6ccccc6C6(c7ccccc7-c7ccccc76)c6ccccc65)c4)cc3)n2)cc1. The molecule has 1 heterocycles. The van der Waals surface area contributed by atoms with Gasteiger partial charge >= 0.3 is 0 Å². The van der Waals surface area contributed by atoms with Crippen LogP contribution in [0.25, 0.3) is 78.7 Å². The van der Waals surface area contributed by atoms with Crippen molar-refractivity contribution in [3.05, 3.63) is 293 Å². The number of fused-ring (bicyclic) bond motifs is 16. The predicted octanol–water partition coefficient (Wildman–Crippen LogP) is 15.2. The molecule has 0 amide bonds. The van der Waals surface area contributed by atoms with Crippen LogP contribution in [-0.2, 0) is 10.8 Å². The van der Waals surface area contributed by atoms with Crippen LogP contribution < -0.4 is 0 Å². The Hall–Kier alpha value is -8.79. The lowest BCUT2D eigenvalue weighted by Crippen LogP contribution is -2.43. The van der Waals surface area contributed by atoms with E-state index in [0.717, 1.165) is 27.8 Å². The molecule has 10 aromatic carbocycles. The third-order valence-corrected chi connectivity index (χ3v) is 14.8. The molecular formula is C65H41N3. The largest absolute Gasteiger partial charge is 0.208 e. The molecule has 0 atom stereocenters. The Balaban J connectivity index is 0.915. The Morgan fingerprint density at radius 3 is 1.04 bits per heavy atom. The number of benzene rings is 10. The molecule has 0 saturated heterocycles. The molecule has 14 rings (SSSR count). The van der Waals surface area contributed by atoms with Gasteiger partial charge in [0, 0.05) is 16.7 Å². The fraction of sp³-hybridized carbons (Fsp3) is 0.0308. The van der Waals surface area contributed by atoms with Crippen molar-refractivity contribution in [1.82, 2.24) is 15.0 Å². The van der Waals surface area contributed by atoms with E-state index in [1.807, 2.05) is 60.7 Å². The zero-order valence-corrected chi connectivity index (χ0v) is 37.0.